The lowest BCUT2D eigenvalue weighted by Gasteiger charge is -2.14. The van der Waals surface area contributed by atoms with Crippen molar-refractivity contribution in [3.05, 3.63) is 29.6 Å². The van der Waals surface area contributed by atoms with Gasteiger partial charge in [-0.25, -0.2) is 9.18 Å². The van der Waals surface area contributed by atoms with Crippen LogP contribution in [0.3, 0.4) is 0 Å². The molecule has 1 aliphatic rings. The second-order valence-electron chi connectivity index (χ2n) is 5.61. The molecule has 21 heavy (non-hydrogen) atoms. The molecule has 0 aromatic heterocycles. The highest BCUT2D eigenvalue weighted by Gasteiger charge is 2.17. The number of carboxylic acids is 1. The van der Waals surface area contributed by atoms with E-state index in [0.29, 0.717) is 18.0 Å². The zero-order valence-corrected chi connectivity index (χ0v) is 11.9. The molecule has 0 bridgehead atoms. The van der Waals surface area contributed by atoms with Gasteiger partial charge in [-0.2, -0.15) is 0 Å². The minimum Gasteiger partial charge on any atom is -0.478 e. The average molecular weight is 293 g/mol. The van der Waals surface area contributed by atoms with E-state index in [0.717, 1.165) is 37.8 Å². The molecule has 4 nitrogen and oxygen atoms in total. The zero-order chi connectivity index (χ0) is 15.2. The Morgan fingerprint density at radius 2 is 1.86 bits per heavy atom. The molecule has 0 unspecified atom stereocenters. The number of benzene rings is 1. The number of carbonyl (C=O) groups excluding carboxylic acids is 1. The normalized spacial score (nSPS) is 16.2. The summed E-state index contributed by atoms with van der Waals surface area (Å²) in [6.07, 6.45) is 7.37. The van der Waals surface area contributed by atoms with Crippen molar-refractivity contribution >= 4 is 17.6 Å². The molecular weight excluding hydrogens is 273 g/mol. The Morgan fingerprint density at radius 3 is 2.48 bits per heavy atom. The number of nitrogens with one attached hydrogen (secondary N) is 1. The molecule has 1 fully saturated rings. The smallest absolute Gasteiger partial charge is 0.338 e. The van der Waals surface area contributed by atoms with Crippen LogP contribution in [-0.4, -0.2) is 17.0 Å². The van der Waals surface area contributed by atoms with E-state index in [2.05, 4.69) is 5.32 Å². The Bertz CT molecular complexity index is 522. The van der Waals surface area contributed by atoms with Gasteiger partial charge in [-0.15, -0.1) is 0 Å². The second kappa shape index (κ2) is 7.20. The molecule has 1 aromatic rings. The predicted molar refractivity (Wildman–Crippen MR) is 77.8 cm³/mol. The van der Waals surface area contributed by atoms with Crippen molar-refractivity contribution in [2.45, 2.75) is 44.9 Å². The minimum absolute atomic E-state index is 0.134. The van der Waals surface area contributed by atoms with Gasteiger partial charge in [-0.1, -0.05) is 25.7 Å². The number of hydrogen-bond donors (Lipinski definition) is 2. The van der Waals surface area contributed by atoms with Crippen LogP contribution in [0, 0.1) is 11.7 Å². The van der Waals surface area contributed by atoms with Crippen molar-refractivity contribution in [3.8, 4) is 0 Å². The first-order valence-corrected chi connectivity index (χ1v) is 7.39. The number of halogens is 1. The molecule has 1 aromatic carbocycles. The first kappa shape index (κ1) is 15.5. The van der Waals surface area contributed by atoms with Gasteiger partial charge in [0.15, 0.2) is 0 Å². The summed E-state index contributed by atoms with van der Waals surface area (Å²) in [4.78, 5) is 22.9. The third-order valence-electron chi connectivity index (χ3n) is 3.93. The molecular formula is C16H20FNO3. The van der Waals surface area contributed by atoms with Gasteiger partial charge in [-0.05, 0) is 37.0 Å². The number of amides is 1. The van der Waals surface area contributed by atoms with Gasteiger partial charge in [0.05, 0.1) is 5.56 Å². The molecule has 0 saturated heterocycles. The van der Waals surface area contributed by atoms with Crippen LogP contribution in [0.15, 0.2) is 18.2 Å². The van der Waals surface area contributed by atoms with Gasteiger partial charge in [0.2, 0.25) is 5.91 Å². The summed E-state index contributed by atoms with van der Waals surface area (Å²) >= 11 is 0. The molecule has 0 heterocycles. The predicted octanol–water partition coefficient (Wildman–Crippen LogP) is 3.82. The summed E-state index contributed by atoms with van der Waals surface area (Å²) in [6.45, 7) is 0. The average Bonchev–Trinajstić information content (AvgIpc) is 2.69. The Balaban J connectivity index is 1.95. The maximum absolute atomic E-state index is 13.3. The first-order chi connectivity index (χ1) is 10.1. The summed E-state index contributed by atoms with van der Waals surface area (Å²) in [5.41, 5.74) is -0.102. The van der Waals surface area contributed by atoms with E-state index in [9.17, 15) is 14.0 Å². The van der Waals surface area contributed by atoms with Crippen LogP contribution in [-0.2, 0) is 4.79 Å². The van der Waals surface area contributed by atoms with E-state index in [4.69, 9.17) is 5.11 Å². The Labute approximate surface area is 123 Å². The van der Waals surface area contributed by atoms with Crippen LogP contribution in [0.2, 0.25) is 0 Å². The van der Waals surface area contributed by atoms with E-state index >= 15 is 0 Å². The lowest BCUT2D eigenvalue weighted by atomic mass is 9.96. The summed E-state index contributed by atoms with van der Waals surface area (Å²) < 4.78 is 13.3. The standard InChI is InChI=1S/C16H20FNO3/c17-14-8-7-12(10-13(14)16(20)21)18-15(19)9-11-5-3-1-2-4-6-11/h7-8,10-11H,1-6,9H2,(H,18,19)(H,20,21). The van der Waals surface area contributed by atoms with Gasteiger partial charge >= 0.3 is 5.97 Å². The molecule has 114 valence electrons. The van der Waals surface area contributed by atoms with E-state index in [1.165, 1.54) is 18.9 Å². The van der Waals surface area contributed by atoms with Crippen molar-refractivity contribution in [3.63, 3.8) is 0 Å². The third kappa shape index (κ3) is 4.55. The number of rotatable bonds is 4. The molecule has 0 atom stereocenters. The van der Waals surface area contributed by atoms with Crippen LogP contribution in [0.4, 0.5) is 10.1 Å². The summed E-state index contributed by atoms with van der Waals surface area (Å²) in [5.74, 6) is -1.88. The molecule has 1 saturated carbocycles. The topological polar surface area (TPSA) is 66.4 Å². The van der Waals surface area contributed by atoms with E-state index in [-0.39, 0.29) is 5.91 Å². The fraction of sp³-hybridized carbons (Fsp3) is 0.500. The molecule has 0 radical (unpaired) electrons. The SMILES string of the molecule is O=C(CC1CCCCCC1)Nc1ccc(F)c(C(=O)O)c1. The van der Waals surface area contributed by atoms with Gasteiger partial charge in [0, 0.05) is 12.1 Å². The van der Waals surface area contributed by atoms with Crippen LogP contribution in [0.1, 0.15) is 55.3 Å². The van der Waals surface area contributed by atoms with Crippen LogP contribution in [0.25, 0.3) is 0 Å². The Morgan fingerprint density at radius 1 is 1.19 bits per heavy atom. The number of aromatic carboxylic acids is 1. The summed E-state index contributed by atoms with van der Waals surface area (Å²) in [6, 6.07) is 3.60. The van der Waals surface area contributed by atoms with Crippen molar-refractivity contribution < 1.29 is 19.1 Å². The van der Waals surface area contributed by atoms with E-state index < -0.39 is 17.3 Å². The molecule has 5 heteroatoms. The maximum atomic E-state index is 13.3. The molecule has 0 spiro atoms. The molecule has 1 aliphatic carbocycles. The van der Waals surface area contributed by atoms with Crippen molar-refractivity contribution in [2.75, 3.05) is 5.32 Å². The third-order valence-corrected chi connectivity index (χ3v) is 3.93. The molecule has 2 N–H and O–H groups in total. The lowest BCUT2D eigenvalue weighted by molar-refractivity contribution is -0.117. The lowest BCUT2D eigenvalue weighted by Crippen LogP contribution is -2.17. The zero-order valence-electron chi connectivity index (χ0n) is 11.9. The molecule has 2 rings (SSSR count). The van der Waals surface area contributed by atoms with E-state index in [1.54, 1.807) is 0 Å². The minimum atomic E-state index is -1.34. The highest BCUT2D eigenvalue weighted by molar-refractivity contribution is 5.94. The van der Waals surface area contributed by atoms with Gasteiger partial charge in [0.25, 0.3) is 0 Å². The van der Waals surface area contributed by atoms with Crippen LogP contribution < -0.4 is 5.32 Å². The summed E-state index contributed by atoms with van der Waals surface area (Å²) in [5, 5.41) is 11.5. The van der Waals surface area contributed by atoms with Crippen molar-refractivity contribution in [2.24, 2.45) is 5.92 Å². The first-order valence-electron chi connectivity index (χ1n) is 7.39. The molecule has 1 amide bonds. The highest BCUT2D eigenvalue weighted by Crippen LogP contribution is 2.26. The Hall–Kier alpha value is -1.91. The molecule has 0 aliphatic heterocycles. The second-order valence-corrected chi connectivity index (χ2v) is 5.61. The fourth-order valence-electron chi connectivity index (χ4n) is 2.81. The number of carboxylic acid groups (broad SMARTS) is 1. The fourth-order valence-corrected chi connectivity index (χ4v) is 2.81. The monoisotopic (exact) mass is 293 g/mol. The number of anilines is 1. The highest BCUT2D eigenvalue weighted by atomic mass is 19.1. The van der Waals surface area contributed by atoms with Crippen LogP contribution in [0.5, 0.6) is 0 Å². The van der Waals surface area contributed by atoms with Crippen molar-refractivity contribution in [1.82, 2.24) is 0 Å². The number of carbonyl (C=O) groups is 2. The maximum Gasteiger partial charge on any atom is 0.338 e. The largest absolute Gasteiger partial charge is 0.478 e. The quantitative estimate of drug-likeness (QED) is 0.829. The Kier molecular flexibility index (Phi) is 5.31. The van der Waals surface area contributed by atoms with Gasteiger partial charge in [-0.3, -0.25) is 4.79 Å². The van der Waals surface area contributed by atoms with Gasteiger partial charge in [0.1, 0.15) is 5.82 Å². The van der Waals surface area contributed by atoms with Gasteiger partial charge < -0.3 is 10.4 Å². The van der Waals surface area contributed by atoms with Crippen LogP contribution >= 0.6 is 0 Å². The number of hydrogen-bond acceptors (Lipinski definition) is 2. The van der Waals surface area contributed by atoms with Crippen molar-refractivity contribution in [1.29, 1.82) is 0 Å². The van der Waals surface area contributed by atoms with E-state index in [1.807, 2.05) is 0 Å². The summed E-state index contributed by atoms with van der Waals surface area (Å²) in [7, 11) is 0.